The Kier molecular flexibility index (Phi) is 3.51. The third kappa shape index (κ3) is 2.51. The highest BCUT2D eigenvalue weighted by Gasteiger charge is 2.17. The van der Waals surface area contributed by atoms with Crippen molar-refractivity contribution in [3.63, 3.8) is 0 Å². The number of hydrogen-bond acceptors (Lipinski definition) is 3. The maximum atomic E-state index is 5.50. The van der Waals surface area contributed by atoms with Crippen LogP contribution < -0.4 is 14.8 Å². The van der Waals surface area contributed by atoms with Crippen LogP contribution in [0.25, 0.3) is 0 Å². The predicted molar refractivity (Wildman–Crippen MR) is 70.8 cm³/mol. The zero-order chi connectivity index (χ0) is 12.2. The number of para-hydroxylation sites is 1. The second-order valence-corrected chi connectivity index (χ2v) is 4.93. The molecule has 96 valence electrons. The number of ether oxygens (including phenoxy) is 2. The standard InChI is InChI=1S/C15H19NO2/c1-2-5-12(6-3-1)9-16-10-13-7-4-8-14-15(13)18-11-17-14/h1-2,4,7-8,12,16H,3,5-6,9-11H2. The molecule has 0 saturated carbocycles. The summed E-state index contributed by atoms with van der Waals surface area (Å²) in [4.78, 5) is 0. The SMILES string of the molecule is C1=CCC(CNCc2cccc3c2OCO3)CC1. The largest absolute Gasteiger partial charge is 0.454 e. The van der Waals surface area contributed by atoms with Gasteiger partial charge in [0.15, 0.2) is 11.5 Å². The molecule has 3 heteroatoms. The highest BCUT2D eigenvalue weighted by molar-refractivity contribution is 5.48. The smallest absolute Gasteiger partial charge is 0.231 e. The molecule has 1 aliphatic carbocycles. The van der Waals surface area contributed by atoms with Crippen LogP contribution in [0.4, 0.5) is 0 Å². The number of allylic oxidation sites excluding steroid dienone is 2. The summed E-state index contributed by atoms with van der Waals surface area (Å²) in [7, 11) is 0. The van der Waals surface area contributed by atoms with Crippen LogP contribution in [0.2, 0.25) is 0 Å². The fraction of sp³-hybridized carbons (Fsp3) is 0.467. The van der Waals surface area contributed by atoms with Gasteiger partial charge in [-0.2, -0.15) is 0 Å². The van der Waals surface area contributed by atoms with E-state index < -0.39 is 0 Å². The van der Waals surface area contributed by atoms with E-state index in [0.717, 1.165) is 30.5 Å². The Morgan fingerprint density at radius 1 is 1.22 bits per heavy atom. The summed E-state index contributed by atoms with van der Waals surface area (Å²) < 4.78 is 10.9. The molecule has 3 nitrogen and oxygen atoms in total. The normalized spacial score (nSPS) is 21.2. The molecule has 1 atom stereocenters. The third-order valence-electron chi connectivity index (χ3n) is 3.60. The number of hydrogen-bond donors (Lipinski definition) is 1. The maximum Gasteiger partial charge on any atom is 0.231 e. The third-order valence-corrected chi connectivity index (χ3v) is 3.60. The highest BCUT2D eigenvalue weighted by Crippen LogP contribution is 2.35. The van der Waals surface area contributed by atoms with E-state index in [0.29, 0.717) is 6.79 Å². The molecule has 0 saturated heterocycles. The van der Waals surface area contributed by atoms with Crippen LogP contribution in [0.15, 0.2) is 30.4 Å². The molecule has 1 aromatic carbocycles. The lowest BCUT2D eigenvalue weighted by atomic mass is 9.94. The van der Waals surface area contributed by atoms with Gasteiger partial charge in [-0.25, -0.2) is 0 Å². The van der Waals surface area contributed by atoms with Crippen molar-refractivity contribution in [2.24, 2.45) is 5.92 Å². The lowest BCUT2D eigenvalue weighted by Crippen LogP contribution is -2.23. The molecule has 0 fully saturated rings. The van der Waals surface area contributed by atoms with E-state index in [9.17, 15) is 0 Å². The van der Waals surface area contributed by atoms with Crippen molar-refractivity contribution < 1.29 is 9.47 Å². The molecule has 1 aromatic rings. The average molecular weight is 245 g/mol. The minimum atomic E-state index is 0.347. The van der Waals surface area contributed by atoms with Gasteiger partial charge in [-0.3, -0.25) is 0 Å². The Hall–Kier alpha value is -1.48. The summed E-state index contributed by atoms with van der Waals surface area (Å²) in [6.07, 6.45) is 8.32. The van der Waals surface area contributed by atoms with Crippen molar-refractivity contribution in [1.82, 2.24) is 5.32 Å². The highest BCUT2D eigenvalue weighted by atomic mass is 16.7. The molecule has 1 heterocycles. The molecule has 18 heavy (non-hydrogen) atoms. The van der Waals surface area contributed by atoms with Gasteiger partial charge in [-0.15, -0.1) is 0 Å². The van der Waals surface area contributed by atoms with Crippen LogP contribution in [0.3, 0.4) is 0 Å². The van der Waals surface area contributed by atoms with E-state index in [-0.39, 0.29) is 0 Å². The van der Waals surface area contributed by atoms with Crippen LogP contribution in [0.5, 0.6) is 11.5 Å². The first-order valence-electron chi connectivity index (χ1n) is 6.66. The van der Waals surface area contributed by atoms with Gasteiger partial charge in [-0.05, 0) is 37.8 Å². The zero-order valence-electron chi connectivity index (χ0n) is 10.5. The minimum Gasteiger partial charge on any atom is -0.454 e. The molecule has 0 radical (unpaired) electrons. The lowest BCUT2D eigenvalue weighted by molar-refractivity contribution is 0.173. The van der Waals surface area contributed by atoms with E-state index in [4.69, 9.17) is 9.47 Å². The van der Waals surface area contributed by atoms with E-state index in [1.807, 2.05) is 12.1 Å². The summed E-state index contributed by atoms with van der Waals surface area (Å²) >= 11 is 0. The quantitative estimate of drug-likeness (QED) is 0.827. The number of fused-ring (bicyclic) bond motifs is 1. The monoisotopic (exact) mass is 245 g/mol. The predicted octanol–water partition coefficient (Wildman–Crippen LogP) is 2.86. The lowest BCUT2D eigenvalue weighted by Gasteiger charge is -2.18. The van der Waals surface area contributed by atoms with E-state index in [1.165, 1.54) is 24.8 Å². The molecule has 2 aliphatic rings. The van der Waals surface area contributed by atoms with Gasteiger partial charge in [0.05, 0.1) is 0 Å². The number of nitrogens with one attached hydrogen (secondary N) is 1. The first-order chi connectivity index (χ1) is 8.93. The molecule has 0 amide bonds. The van der Waals surface area contributed by atoms with Gasteiger partial charge >= 0.3 is 0 Å². The van der Waals surface area contributed by atoms with Crippen molar-refractivity contribution in [3.05, 3.63) is 35.9 Å². The van der Waals surface area contributed by atoms with Crippen LogP contribution in [0, 0.1) is 5.92 Å². The van der Waals surface area contributed by atoms with Gasteiger partial charge in [-0.1, -0.05) is 24.3 Å². The molecule has 1 aliphatic heterocycles. The first-order valence-corrected chi connectivity index (χ1v) is 6.66. The Balaban J connectivity index is 1.54. The topological polar surface area (TPSA) is 30.5 Å². The van der Waals surface area contributed by atoms with Crippen LogP contribution in [-0.2, 0) is 6.54 Å². The van der Waals surface area contributed by atoms with Crippen molar-refractivity contribution in [1.29, 1.82) is 0 Å². The van der Waals surface area contributed by atoms with Crippen molar-refractivity contribution >= 4 is 0 Å². The second kappa shape index (κ2) is 5.44. The second-order valence-electron chi connectivity index (χ2n) is 4.93. The molecule has 0 spiro atoms. The summed E-state index contributed by atoms with van der Waals surface area (Å²) in [5.74, 6) is 2.56. The maximum absolute atomic E-state index is 5.50. The molecule has 3 rings (SSSR count). The Labute approximate surface area is 108 Å². The molecule has 0 aromatic heterocycles. The summed E-state index contributed by atoms with van der Waals surface area (Å²) in [5, 5.41) is 3.53. The van der Waals surface area contributed by atoms with Crippen molar-refractivity contribution in [2.45, 2.75) is 25.8 Å². The van der Waals surface area contributed by atoms with E-state index >= 15 is 0 Å². The molecule has 1 N–H and O–H groups in total. The van der Waals surface area contributed by atoms with Gasteiger partial charge in [0, 0.05) is 12.1 Å². The molecular formula is C15H19NO2. The van der Waals surface area contributed by atoms with Crippen molar-refractivity contribution in [2.75, 3.05) is 13.3 Å². The fourth-order valence-corrected chi connectivity index (χ4v) is 2.58. The Morgan fingerprint density at radius 3 is 3.11 bits per heavy atom. The fourth-order valence-electron chi connectivity index (χ4n) is 2.58. The Bertz CT molecular complexity index is 442. The number of benzene rings is 1. The van der Waals surface area contributed by atoms with E-state index in [1.54, 1.807) is 0 Å². The summed E-state index contributed by atoms with van der Waals surface area (Å²) in [5.41, 5.74) is 1.19. The Morgan fingerprint density at radius 2 is 2.22 bits per heavy atom. The van der Waals surface area contributed by atoms with E-state index in [2.05, 4.69) is 23.5 Å². The van der Waals surface area contributed by atoms with Crippen molar-refractivity contribution in [3.8, 4) is 11.5 Å². The molecular weight excluding hydrogens is 226 g/mol. The first kappa shape index (κ1) is 11.6. The average Bonchev–Trinajstić information content (AvgIpc) is 2.89. The molecule has 0 bridgehead atoms. The van der Waals surface area contributed by atoms with Gasteiger partial charge in [0.25, 0.3) is 0 Å². The number of rotatable bonds is 4. The molecule has 1 unspecified atom stereocenters. The van der Waals surface area contributed by atoms with Crippen LogP contribution in [0.1, 0.15) is 24.8 Å². The zero-order valence-corrected chi connectivity index (χ0v) is 10.5. The van der Waals surface area contributed by atoms with Crippen LogP contribution in [-0.4, -0.2) is 13.3 Å². The summed E-state index contributed by atoms with van der Waals surface area (Å²) in [6.45, 7) is 2.28. The summed E-state index contributed by atoms with van der Waals surface area (Å²) in [6, 6.07) is 6.08. The van der Waals surface area contributed by atoms with Crippen LogP contribution >= 0.6 is 0 Å². The van der Waals surface area contributed by atoms with Gasteiger partial charge < -0.3 is 14.8 Å². The minimum absolute atomic E-state index is 0.347. The van der Waals surface area contributed by atoms with Gasteiger partial charge in [0.2, 0.25) is 6.79 Å². The van der Waals surface area contributed by atoms with Gasteiger partial charge in [0.1, 0.15) is 0 Å².